The molecule has 2 rings (SSSR count). The van der Waals surface area contributed by atoms with Crippen LogP contribution in [0.25, 0.3) is 0 Å². The zero-order chi connectivity index (χ0) is 18.3. The molecule has 0 aliphatic heterocycles. The molecule has 25 heavy (non-hydrogen) atoms. The van der Waals surface area contributed by atoms with Crippen molar-refractivity contribution in [3.63, 3.8) is 0 Å². The van der Waals surface area contributed by atoms with Crippen LogP contribution in [0.2, 0.25) is 0 Å². The van der Waals surface area contributed by atoms with E-state index in [1.807, 2.05) is 12.1 Å². The number of aryl methyl sites for hydroxylation is 2. The summed E-state index contributed by atoms with van der Waals surface area (Å²) in [4.78, 5) is 0. The van der Waals surface area contributed by atoms with Gasteiger partial charge in [0.2, 0.25) is 0 Å². The zero-order valence-corrected chi connectivity index (χ0v) is 17.2. The highest BCUT2D eigenvalue weighted by Gasteiger charge is 2.35. The minimum Gasteiger partial charge on any atom is -0.508 e. The van der Waals surface area contributed by atoms with Gasteiger partial charge in [-0.1, -0.05) is 59.4 Å². The molecule has 1 aromatic rings. The second-order valence-electron chi connectivity index (χ2n) is 9.55. The summed E-state index contributed by atoms with van der Waals surface area (Å²) < 4.78 is 0. The predicted octanol–water partition coefficient (Wildman–Crippen LogP) is 7.44. The highest BCUT2D eigenvalue weighted by atomic mass is 16.3. The lowest BCUT2D eigenvalue weighted by atomic mass is 9.84. The molecule has 1 aromatic carbocycles. The molecule has 0 saturated heterocycles. The van der Waals surface area contributed by atoms with E-state index in [0.717, 1.165) is 6.42 Å². The number of rotatable bonds is 12. The number of phenols is 1. The molecule has 1 fully saturated rings. The molecule has 0 atom stereocenters. The summed E-state index contributed by atoms with van der Waals surface area (Å²) in [6.45, 7) is 9.46. The normalized spacial score (nSPS) is 16.2. The lowest BCUT2D eigenvalue weighted by molar-refractivity contribution is 0.309. The van der Waals surface area contributed by atoms with E-state index in [9.17, 15) is 5.11 Å². The van der Waals surface area contributed by atoms with Crippen LogP contribution < -0.4 is 0 Å². The summed E-state index contributed by atoms with van der Waals surface area (Å²) in [6.07, 6.45) is 15.7. The average molecular weight is 345 g/mol. The molecule has 1 aliphatic carbocycles. The maximum absolute atomic E-state index is 9.87. The van der Waals surface area contributed by atoms with Crippen molar-refractivity contribution in [1.82, 2.24) is 0 Å². The number of benzene rings is 1. The SMILES string of the molecule is CCC(C)(C)CCCCc1cc(O)ccc1CCCCCC1(C)CC1. The van der Waals surface area contributed by atoms with Crippen LogP contribution in [0, 0.1) is 10.8 Å². The van der Waals surface area contributed by atoms with E-state index in [2.05, 4.69) is 33.8 Å². The lowest BCUT2D eigenvalue weighted by Gasteiger charge is -2.22. The maximum Gasteiger partial charge on any atom is 0.115 e. The summed E-state index contributed by atoms with van der Waals surface area (Å²) in [5.41, 5.74) is 4.02. The molecule has 1 saturated carbocycles. The molecule has 0 bridgehead atoms. The quantitative estimate of drug-likeness (QED) is 0.390. The second-order valence-corrected chi connectivity index (χ2v) is 9.55. The number of unbranched alkanes of at least 4 members (excludes halogenated alkanes) is 3. The minimum absolute atomic E-state index is 0.425. The van der Waals surface area contributed by atoms with E-state index < -0.39 is 0 Å². The topological polar surface area (TPSA) is 20.2 Å². The van der Waals surface area contributed by atoms with Gasteiger partial charge in [0.05, 0.1) is 0 Å². The van der Waals surface area contributed by atoms with E-state index in [-0.39, 0.29) is 0 Å². The van der Waals surface area contributed by atoms with Crippen LogP contribution in [-0.4, -0.2) is 5.11 Å². The first-order valence-electron chi connectivity index (χ1n) is 10.6. The van der Waals surface area contributed by atoms with Crippen molar-refractivity contribution in [3.05, 3.63) is 29.3 Å². The summed E-state index contributed by atoms with van der Waals surface area (Å²) in [5.74, 6) is 0.425. The average Bonchev–Trinajstić information content (AvgIpc) is 3.30. The van der Waals surface area contributed by atoms with Crippen LogP contribution in [0.15, 0.2) is 18.2 Å². The van der Waals surface area contributed by atoms with Gasteiger partial charge in [-0.15, -0.1) is 0 Å². The summed E-state index contributed by atoms with van der Waals surface area (Å²) in [5, 5.41) is 9.87. The highest BCUT2D eigenvalue weighted by molar-refractivity contribution is 5.35. The van der Waals surface area contributed by atoms with Crippen molar-refractivity contribution < 1.29 is 5.11 Å². The number of hydrogen-bond acceptors (Lipinski definition) is 1. The van der Waals surface area contributed by atoms with Crippen molar-refractivity contribution >= 4 is 0 Å². The number of phenolic OH excluding ortho intramolecular Hbond substituents is 1. The minimum atomic E-state index is 0.425. The van der Waals surface area contributed by atoms with Gasteiger partial charge in [-0.05, 0) is 85.5 Å². The molecular weight excluding hydrogens is 304 g/mol. The Kier molecular flexibility index (Phi) is 7.40. The van der Waals surface area contributed by atoms with Crippen molar-refractivity contribution in [2.75, 3.05) is 0 Å². The standard InChI is InChI=1S/C24H40O/c1-5-23(2,3)15-10-8-12-21-19-22(25)14-13-20(21)11-7-6-9-16-24(4)17-18-24/h13-14,19,25H,5-12,15-18H2,1-4H3. The zero-order valence-electron chi connectivity index (χ0n) is 17.2. The summed E-state index contributed by atoms with van der Waals surface area (Å²) in [7, 11) is 0. The lowest BCUT2D eigenvalue weighted by Crippen LogP contribution is -2.09. The van der Waals surface area contributed by atoms with Crippen LogP contribution in [0.1, 0.15) is 103 Å². The Balaban J connectivity index is 1.74. The fraction of sp³-hybridized carbons (Fsp3) is 0.750. The smallest absolute Gasteiger partial charge is 0.115 e. The third-order valence-corrected chi connectivity index (χ3v) is 6.53. The first-order valence-corrected chi connectivity index (χ1v) is 10.6. The Morgan fingerprint density at radius 1 is 0.960 bits per heavy atom. The van der Waals surface area contributed by atoms with Crippen molar-refractivity contribution in [2.45, 2.75) is 105 Å². The number of hydrogen-bond donors (Lipinski definition) is 1. The maximum atomic E-state index is 9.87. The number of aromatic hydroxyl groups is 1. The Bertz CT molecular complexity index is 525. The molecule has 1 aliphatic rings. The van der Waals surface area contributed by atoms with E-state index >= 15 is 0 Å². The molecule has 1 heteroatoms. The summed E-state index contributed by atoms with van der Waals surface area (Å²) >= 11 is 0. The largest absolute Gasteiger partial charge is 0.508 e. The van der Waals surface area contributed by atoms with Crippen LogP contribution in [0.4, 0.5) is 0 Å². The van der Waals surface area contributed by atoms with Gasteiger partial charge in [0.25, 0.3) is 0 Å². The Hall–Kier alpha value is -0.980. The predicted molar refractivity (Wildman–Crippen MR) is 109 cm³/mol. The van der Waals surface area contributed by atoms with Gasteiger partial charge in [-0.25, -0.2) is 0 Å². The third-order valence-electron chi connectivity index (χ3n) is 6.53. The third kappa shape index (κ3) is 7.42. The van der Waals surface area contributed by atoms with Gasteiger partial charge in [0, 0.05) is 0 Å². The fourth-order valence-electron chi connectivity index (χ4n) is 3.69. The van der Waals surface area contributed by atoms with Crippen LogP contribution >= 0.6 is 0 Å². The van der Waals surface area contributed by atoms with Gasteiger partial charge < -0.3 is 5.11 Å². The molecule has 0 heterocycles. The van der Waals surface area contributed by atoms with E-state index in [1.165, 1.54) is 81.8 Å². The molecular formula is C24H40O. The monoisotopic (exact) mass is 344 g/mol. The molecule has 0 amide bonds. The first-order chi connectivity index (χ1) is 11.8. The van der Waals surface area contributed by atoms with Crippen LogP contribution in [0.3, 0.4) is 0 Å². The first kappa shape index (κ1) is 20.3. The van der Waals surface area contributed by atoms with Crippen molar-refractivity contribution in [1.29, 1.82) is 0 Å². The van der Waals surface area contributed by atoms with E-state index in [4.69, 9.17) is 0 Å². The highest BCUT2D eigenvalue weighted by Crippen LogP contribution is 2.49. The Morgan fingerprint density at radius 3 is 2.32 bits per heavy atom. The van der Waals surface area contributed by atoms with Gasteiger partial charge >= 0.3 is 0 Å². The summed E-state index contributed by atoms with van der Waals surface area (Å²) in [6, 6.07) is 6.03. The molecule has 0 spiro atoms. The van der Waals surface area contributed by atoms with Gasteiger partial charge in [0.1, 0.15) is 5.75 Å². The van der Waals surface area contributed by atoms with Gasteiger partial charge in [-0.2, -0.15) is 0 Å². The molecule has 1 N–H and O–H groups in total. The van der Waals surface area contributed by atoms with E-state index in [1.54, 1.807) is 0 Å². The Morgan fingerprint density at radius 2 is 1.64 bits per heavy atom. The molecule has 0 aromatic heterocycles. The van der Waals surface area contributed by atoms with Crippen molar-refractivity contribution in [3.8, 4) is 5.75 Å². The van der Waals surface area contributed by atoms with E-state index in [0.29, 0.717) is 16.6 Å². The van der Waals surface area contributed by atoms with Crippen molar-refractivity contribution in [2.24, 2.45) is 10.8 Å². The van der Waals surface area contributed by atoms with Crippen LogP contribution in [-0.2, 0) is 12.8 Å². The molecule has 1 nitrogen and oxygen atoms in total. The molecule has 0 radical (unpaired) electrons. The fourth-order valence-corrected chi connectivity index (χ4v) is 3.69. The molecule has 142 valence electrons. The second kappa shape index (κ2) is 9.10. The van der Waals surface area contributed by atoms with Crippen LogP contribution in [0.5, 0.6) is 5.75 Å². The Labute approximate surface area is 156 Å². The van der Waals surface area contributed by atoms with Gasteiger partial charge in [-0.3, -0.25) is 0 Å². The molecule has 0 unspecified atom stereocenters. The van der Waals surface area contributed by atoms with Gasteiger partial charge in [0.15, 0.2) is 0 Å².